The summed E-state index contributed by atoms with van der Waals surface area (Å²) in [4.78, 5) is 17.1. The van der Waals surface area contributed by atoms with E-state index in [1.807, 2.05) is 16.9 Å². The molecule has 1 amide bonds. The van der Waals surface area contributed by atoms with Gasteiger partial charge in [-0.3, -0.25) is 9.48 Å². The average Bonchev–Trinajstić information content (AvgIpc) is 3.28. The molecule has 0 unspecified atom stereocenters. The van der Waals surface area contributed by atoms with Crippen LogP contribution in [-0.2, 0) is 11.3 Å². The van der Waals surface area contributed by atoms with Gasteiger partial charge in [-0.25, -0.2) is 0 Å². The number of nitrogens with zero attached hydrogens (tertiary/aromatic N) is 4. The minimum atomic E-state index is 0.324. The third kappa shape index (κ3) is 4.34. The fraction of sp³-hybridized carbons (Fsp3) is 0.778. The molecule has 3 heterocycles. The summed E-state index contributed by atoms with van der Waals surface area (Å²) in [7, 11) is 0. The van der Waals surface area contributed by atoms with Gasteiger partial charge in [-0.1, -0.05) is 0 Å². The Morgan fingerprint density at radius 3 is 2.61 bits per heavy atom. The molecule has 3 rings (SSSR count). The lowest BCUT2D eigenvalue weighted by atomic mass is 9.89. The number of carbonyl (C=O) groups excluding carboxylic acids is 1. The van der Waals surface area contributed by atoms with Crippen molar-refractivity contribution in [2.24, 2.45) is 5.92 Å². The standard InChI is InChI=1S/C18H30N4O/c1-16(20-10-2-3-11-20)17-7-14-21(15-8-17)18(23)6-4-12-22-13-5-9-19-22/h5,9,13,16-17H,2-4,6-8,10-12,14-15H2,1H3/t16-/m0/s1. The largest absolute Gasteiger partial charge is 0.343 e. The number of aryl methyl sites for hydroxylation is 1. The van der Waals surface area contributed by atoms with E-state index in [9.17, 15) is 4.79 Å². The molecule has 2 saturated heterocycles. The molecule has 1 aromatic rings. The number of hydrogen-bond acceptors (Lipinski definition) is 3. The first-order chi connectivity index (χ1) is 11.2. The number of rotatable bonds is 6. The first kappa shape index (κ1) is 16.5. The van der Waals surface area contributed by atoms with E-state index in [-0.39, 0.29) is 0 Å². The Balaban J connectivity index is 1.37. The number of amides is 1. The van der Waals surface area contributed by atoms with Gasteiger partial charge in [0, 0.05) is 44.5 Å². The highest BCUT2D eigenvalue weighted by Crippen LogP contribution is 2.26. The van der Waals surface area contributed by atoms with E-state index in [0.717, 1.165) is 32.0 Å². The van der Waals surface area contributed by atoms with Gasteiger partial charge >= 0.3 is 0 Å². The third-order valence-electron chi connectivity index (χ3n) is 5.63. The van der Waals surface area contributed by atoms with Crippen LogP contribution >= 0.6 is 0 Å². The molecule has 2 aliphatic heterocycles. The van der Waals surface area contributed by atoms with Gasteiger partial charge in [0.15, 0.2) is 0 Å². The Morgan fingerprint density at radius 1 is 1.22 bits per heavy atom. The maximum atomic E-state index is 12.3. The number of likely N-dealkylation sites (tertiary alicyclic amines) is 2. The molecular weight excluding hydrogens is 288 g/mol. The topological polar surface area (TPSA) is 41.4 Å². The van der Waals surface area contributed by atoms with Gasteiger partial charge in [0.05, 0.1) is 0 Å². The molecule has 0 bridgehead atoms. The van der Waals surface area contributed by atoms with Crippen LogP contribution in [0.3, 0.4) is 0 Å². The molecule has 2 aliphatic rings. The molecule has 0 saturated carbocycles. The second-order valence-corrected chi connectivity index (χ2v) is 7.07. The number of hydrogen-bond donors (Lipinski definition) is 0. The average molecular weight is 318 g/mol. The zero-order valence-electron chi connectivity index (χ0n) is 14.4. The Labute approximate surface area is 139 Å². The summed E-state index contributed by atoms with van der Waals surface area (Å²) >= 11 is 0. The van der Waals surface area contributed by atoms with Crippen LogP contribution in [0, 0.1) is 5.92 Å². The Kier molecular flexibility index (Phi) is 5.70. The van der Waals surface area contributed by atoms with Crippen molar-refractivity contribution < 1.29 is 4.79 Å². The molecule has 0 N–H and O–H groups in total. The van der Waals surface area contributed by atoms with Crippen molar-refractivity contribution in [2.75, 3.05) is 26.2 Å². The zero-order valence-corrected chi connectivity index (χ0v) is 14.4. The first-order valence-electron chi connectivity index (χ1n) is 9.23. The minimum absolute atomic E-state index is 0.324. The number of carbonyl (C=O) groups is 1. The molecule has 1 atom stereocenters. The fourth-order valence-electron chi connectivity index (χ4n) is 4.06. The second kappa shape index (κ2) is 7.95. The van der Waals surface area contributed by atoms with Crippen LogP contribution in [0.5, 0.6) is 0 Å². The van der Waals surface area contributed by atoms with E-state index in [1.54, 1.807) is 6.20 Å². The van der Waals surface area contributed by atoms with Crippen LogP contribution in [0.15, 0.2) is 18.5 Å². The molecule has 0 radical (unpaired) electrons. The lowest BCUT2D eigenvalue weighted by Crippen LogP contribution is -2.45. The van der Waals surface area contributed by atoms with Gasteiger partial charge in [0.2, 0.25) is 5.91 Å². The van der Waals surface area contributed by atoms with Gasteiger partial charge in [-0.05, 0) is 64.1 Å². The van der Waals surface area contributed by atoms with E-state index >= 15 is 0 Å². The van der Waals surface area contributed by atoms with Gasteiger partial charge in [0.1, 0.15) is 0 Å². The van der Waals surface area contributed by atoms with Crippen molar-refractivity contribution in [1.29, 1.82) is 0 Å². The minimum Gasteiger partial charge on any atom is -0.343 e. The highest BCUT2D eigenvalue weighted by atomic mass is 16.2. The molecule has 5 nitrogen and oxygen atoms in total. The maximum Gasteiger partial charge on any atom is 0.222 e. The van der Waals surface area contributed by atoms with E-state index in [0.29, 0.717) is 18.4 Å². The SMILES string of the molecule is C[C@@H](C1CCN(C(=O)CCCn2cccn2)CC1)N1CCCC1. The van der Waals surface area contributed by atoms with Gasteiger partial charge in [0.25, 0.3) is 0 Å². The molecule has 5 heteroatoms. The van der Waals surface area contributed by atoms with Crippen LogP contribution in [0.1, 0.15) is 45.4 Å². The third-order valence-corrected chi connectivity index (χ3v) is 5.63. The monoisotopic (exact) mass is 318 g/mol. The van der Waals surface area contributed by atoms with Crippen LogP contribution in [0.25, 0.3) is 0 Å². The van der Waals surface area contributed by atoms with Gasteiger partial charge < -0.3 is 9.80 Å². The fourth-order valence-corrected chi connectivity index (χ4v) is 4.06. The van der Waals surface area contributed by atoms with Crippen molar-refractivity contribution >= 4 is 5.91 Å². The van der Waals surface area contributed by atoms with Crippen molar-refractivity contribution in [3.8, 4) is 0 Å². The molecule has 1 aromatic heterocycles. The second-order valence-electron chi connectivity index (χ2n) is 7.07. The normalized spacial score (nSPS) is 21.7. The van der Waals surface area contributed by atoms with Crippen LogP contribution in [0.4, 0.5) is 0 Å². The molecule has 2 fully saturated rings. The Hall–Kier alpha value is -1.36. The Morgan fingerprint density at radius 2 is 1.96 bits per heavy atom. The number of aromatic nitrogens is 2. The van der Waals surface area contributed by atoms with Crippen molar-refractivity contribution in [3.63, 3.8) is 0 Å². The van der Waals surface area contributed by atoms with E-state index in [1.165, 1.54) is 38.8 Å². The van der Waals surface area contributed by atoms with E-state index < -0.39 is 0 Å². The van der Waals surface area contributed by atoms with Crippen LogP contribution in [0.2, 0.25) is 0 Å². The first-order valence-corrected chi connectivity index (χ1v) is 9.23. The molecule has 0 aromatic carbocycles. The predicted octanol–water partition coefficient (Wildman–Crippen LogP) is 2.39. The summed E-state index contributed by atoms with van der Waals surface area (Å²) in [5.74, 6) is 1.09. The molecule has 128 valence electrons. The summed E-state index contributed by atoms with van der Waals surface area (Å²) in [6, 6.07) is 2.61. The smallest absolute Gasteiger partial charge is 0.222 e. The lowest BCUT2D eigenvalue weighted by Gasteiger charge is -2.38. The van der Waals surface area contributed by atoms with Gasteiger partial charge in [-0.2, -0.15) is 5.10 Å². The van der Waals surface area contributed by atoms with E-state index in [2.05, 4.69) is 21.8 Å². The molecule has 23 heavy (non-hydrogen) atoms. The summed E-state index contributed by atoms with van der Waals surface area (Å²) in [5, 5.41) is 4.18. The zero-order chi connectivity index (χ0) is 16.1. The summed E-state index contributed by atoms with van der Waals surface area (Å²) in [5.41, 5.74) is 0. The van der Waals surface area contributed by atoms with Crippen molar-refractivity contribution in [1.82, 2.24) is 19.6 Å². The quantitative estimate of drug-likeness (QED) is 0.809. The molecule has 0 spiro atoms. The van der Waals surface area contributed by atoms with Crippen LogP contribution in [-0.4, -0.2) is 57.7 Å². The summed E-state index contributed by atoms with van der Waals surface area (Å²) < 4.78 is 1.90. The summed E-state index contributed by atoms with van der Waals surface area (Å²) in [6.45, 7) is 7.66. The highest BCUT2D eigenvalue weighted by molar-refractivity contribution is 5.76. The van der Waals surface area contributed by atoms with Crippen molar-refractivity contribution in [2.45, 2.75) is 58.0 Å². The Bertz CT molecular complexity index is 473. The van der Waals surface area contributed by atoms with E-state index in [4.69, 9.17) is 0 Å². The molecular formula is C18H30N4O. The van der Waals surface area contributed by atoms with Crippen LogP contribution < -0.4 is 0 Å². The summed E-state index contributed by atoms with van der Waals surface area (Å²) in [6.07, 6.45) is 10.3. The maximum absolute atomic E-state index is 12.3. The van der Waals surface area contributed by atoms with Crippen molar-refractivity contribution in [3.05, 3.63) is 18.5 Å². The highest BCUT2D eigenvalue weighted by Gasteiger charge is 2.30. The predicted molar refractivity (Wildman–Crippen MR) is 91.0 cm³/mol. The molecule has 0 aliphatic carbocycles. The lowest BCUT2D eigenvalue weighted by molar-refractivity contribution is -0.133. The van der Waals surface area contributed by atoms with Gasteiger partial charge in [-0.15, -0.1) is 0 Å². The number of piperidine rings is 1.